The van der Waals surface area contributed by atoms with Crippen LogP contribution in [0.2, 0.25) is 0 Å². The number of aryl methyl sites for hydroxylation is 1. The van der Waals surface area contributed by atoms with Gasteiger partial charge in [-0.15, -0.1) is 0 Å². The van der Waals surface area contributed by atoms with Crippen LogP contribution in [0, 0.1) is 6.92 Å². The number of H-pyrrole nitrogens is 1. The summed E-state index contributed by atoms with van der Waals surface area (Å²) < 4.78 is 27.0. The Morgan fingerprint density at radius 1 is 1.16 bits per heavy atom. The van der Waals surface area contributed by atoms with E-state index < -0.39 is 22.0 Å². The van der Waals surface area contributed by atoms with E-state index in [2.05, 4.69) is 25.8 Å². The second kappa shape index (κ2) is 8.89. The van der Waals surface area contributed by atoms with Crippen LogP contribution in [-0.2, 0) is 14.8 Å². The fourth-order valence-electron chi connectivity index (χ4n) is 3.41. The highest BCUT2D eigenvalue weighted by Crippen LogP contribution is 2.21. The second-order valence-corrected chi connectivity index (χ2v) is 9.25. The minimum Gasteiger partial charge on any atom is -0.354 e. The number of benzene rings is 2. The summed E-state index contributed by atoms with van der Waals surface area (Å²) in [4.78, 5) is 29.0. The van der Waals surface area contributed by atoms with Gasteiger partial charge < -0.3 is 10.6 Å². The van der Waals surface area contributed by atoms with E-state index in [-0.39, 0.29) is 36.0 Å². The molecule has 0 saturated carbocycles. The van der Waals surface area contributed by atoms with E-state index in [4.69, 9.17) is 0 Å². The SMILES string of the molecule is Cc1nc(C(NC(=O)c2cccc(S(=O)(=O)N3CCNC(=O)C3)c2)c2ccccc2)n[nH]1. The van der Waals surface area contributed by atoms with E-state index in [1.54, 1.807) is 6.92 Å². The summed E-state index contributed by atoms with van der Waals surface area (Å²) in [6.07, 6.45) is 0. The molecular formula is C21H22N6O4S. The number of aromatic amines is 1. The fraction of sp³-hybridized carbons (Fsp3) is 0.238. The van der Waals surface area contributed by atoms with Gasteiger partial charge in [-0.2, -0.15) is 9.40 Å². The molecule has 2 aromatic carbocycles. The minimum absolute atomic E-state index is 0.0511. The van der Waals surface area contributed by atoms with Crippen molar-refractivity contribution in [3.63, 3.8) is 0 Å². The van der Waals surface area contributed by atoms with Crippen molar-refractivity contribution in [1.82, 2.24) is 30.1 Å². The smallest absolute Gasteiger partial charge is 0.252 e. The number of hydrogen-bond donors (Lipinski definition) is 3. The van der Waals surface area contributed by atoms with Gasteiger partial charge in [-0.05, 0) is 30.7 Å². The van der Waals surface area contributed by atoms with Gasteiger partial charge in [0.1, 0.15) is 11.9 Å². The monoisotopic (exact) mass is 454 g/mol. The molecule has 1 atom stereocenters. The maximum absolute atomic E-state index is 13.1. The van der Waals surface area contributed by atoms with Crippen LogP contribution >= 0.6 is 0 Å². The van der Waals surface area contributed by atoms with Crippen molar-refractivity contribution in [2.75, 3.05) is 19.6 Å². The van der Waals surface area contributed by atoms with E-state index >= 15 is 0 Å². The molecule has 4 rings (SSSR count). The molecule has 32 heavy (non-hydrogen) atoms. The van der Waals surface area contributed by atoms with E-state index in [1.165, 1.54) is 24.3 Å². The molecule has 2 heterocycles. The Bertz CT molecular complexity index is 1240. The van der Waals surface area contributed by atoms with Crippen LogP contribution < -0.4 is 10.6 Å². The first-order valence-corrected chi connectivity index (χ1v) is 11.4. The number of nitrogens with one attached hydrogen (secondary N) is 3. The second-order valence-electron chi connectivity index (χ2n) is 7.31. The summed E-state index contributed by atoms with van der Waals surface area (Å²) in [7, 11) is -3.92. The topological polar surface area (TPSA) is 137 Å². The van der Waals surface area contributed by atoms with Crippen molar-refractivity contribution < 1.29 is 18.0 Å². The molecule has 1 fully saturated rings. The number of rotatable bonds is 6. The number of sulfonamides is 1. The molecular weight excluding hydrogens is 432 g/mol. The number of hydrogen-bond acceptors (Lipinski definition) is 6. The average Bonchev–Trinajstić information content (AvgIpc) is 3.24. The molecule has 1 aliphatic heterocycles. The molecule has 3 aromatic rings. The Balaban J connectivity index is 1.61. The standard InChI is InChI=1S/C21H22N6O4S/c1-14-23-20(26-25-14)19(15-6-3-2-4-7-15)24-21(29)16-8-5-9-17(12-16)32(30,31)27-11-10-22-18(28)13-27/h2-9,12,19H,10-11,13H2,1H3,(H,22,28)(H,24,29)(H,23,25,26). The lowest BCUT2D eigenvalue weighted by molar-refractivity contribution is -0.122. The number of carbonyl (C=O) groups excluding carboxylic acids is 2. The maximum atomic E-state index is 13.1. The summed E-state index contributed by atoms with van der Waals surface area (Å²) in [5.74, 6) is 0.162. The Labute approximate surface area is 185 Å². The summed E-state index contributed by atoms with van der Waals surface area (Å²) in [6.45, 7) is 1.92. The van der Waals surface area contributed by atoms with Crippen LogP contribution in [0.3, 0.4) is 0 Å². The first kappa shape index (κ1) is 21.7. The predicted molar refractivity (Wildman–Crippen MR) is 115 cm³/mol. The molecule has 1 aromatic heterocycles. The minimum atomic E-state index is -3.92. The number of carbonyl (C=O) groups is 2. The van der Waals surface area contributed by atoms with Gasteiger partial charge in [-0.25, -0.2) is 13.4 Å². The van der Waals surface area contributed by atoms with Gasteiger partial charge in [0.25, 0.3) is 5.91 Å². The Hall–Kier alpha value is -3.57. The van der Waals surface area contributed by atoms with Crippen molar-refractivity contribution in [1.29, 1.82) is 0 Å². The Morgan fingerprint density at radius 2 is 1.94 bits per heavy atom. The van der Waals surface area contributed by atoms with Gasteiger partial charge in [-0.3, -0.25) is 14.7 Å². The molecule has 1 aliphatic rings. The number of amides is 2. The van der Waals surface area contributed by atoms with Gasteiger partial charge in [0.05, 0.1) is 11.4 Å². The van der Waals surface area contributed by atoms with Crippen molar-refractivity contribution in [2.24, 2.45) is 0 Å². The van der Waals surface area contributed by atoms with Crippen LogP contribution in [0.1, 0.15) is 33.6 Å². The zero-order valence-corrected chi connectivity index (χ0v) is 18.1. The molecule has 0 radical (unpaired) electrons. The first-order chi connectivity index (χ1) is 15.3. The lowest BCUT2D eigenvalue weighted by atomic mass is 10.1. The van der Waals surface area contributed by atoms with Gasteiger partial charge in [0.15, 0.2) is 5.82 Å². The van der Waals surface area contributed by atoms with Gasteiger partial charge >= 0.3 is 0 Å². The Morgan fingerprint density at radius 3 is 2.62 bits per heavy atom. The third kappa shape index (κ3) is 4.53. The third-order valence-corrected chi connectivity index (χ3v) is 6.86. The largest absolute Gasteiger partial charge is 0.354 e. The zero-order chi connectivity index (χ0) is 22.7. The molecule has 0 aliphatic carbocycles. The van der Waals surface area contributed by atoms with Crippen LogP contribution in [0.15, 0.2) is 59.5 Å². The highest BCUT2D eigenvalue weighted by Gasteiger charge is 2.30. The van der Waals surface area contributed by atoms with Crippen LogP contribution in [0.4, 0.5) is 0 Å². The fourth-order valence-corrected chi connectivity index (χ4v) is 4.86. The normalized spacial score (nSPS) is 15.7. The molecule has 0 bridgehead atoms. The summed E-state index contributed by atoms with van der Waals surface area (Å²) in [5.41, 5.74) is 0.948. The van der Waals surface area contributed by atoms with Crippen LogP contribution in [0.5, 0.6) is 0 Å². The number of aromatic nitrogens is 3. The van der Waals surface area contributed by atoms with Crippen molar-refractivity contribution >= 4 is 21.8 Å². The zero-order valence-electron chi connectivity index (χ0n) is 17.3. The third-order valence-electron chi connectivity index (χ3n) is 5.02. The molecule has 1 saturated heterocycles. The van der Waals surface area contributed by atoms with E-state index in [0.29, 0.717) is 11.6 Å². The molecule has 11 heteroatoms. The van der Waals surface area contributed by atoms with Crippen LogP contribution in [0.25, 0.3) is 0 Å². The molecule has 2 amide bonds. The van der Waals surface area contributed by atoms with E-state index in [1.807, 2.05) is 30.3 Å². The molecule has 3 N–H and O–H groups in total. The average molecular weight is 455 g/mol. The van der Waals surface area contributed by atoms with Crippen molar-refractivity contribution in [2.45, 2.75) is 17.9 Å². The molecule has 166 valence electrons. The maximum Gasteiger partial charge on any atom is 0.252 e. The van der Waals surface area contributed by atoms with E-state index in [0.717, 1.165) is 9.87 Å². The summed E-state index contributed by atoms with van der Waals surface area (Å²) >= 11 is 0. The van der Waals surface area contributed by atoms with E-state index in [9.17, 15) is 18.0 Å². The lowest BCUT2D eigenvalue weighted by Crippen LogP contribution is -2.49. The summed E-state index contributed by atoms with van der Waals surface area (Å²) in [5, 5.41) is 12.4. The van der Waals surface area contributed by atoms with Crippen molar-refractivity contribution in [3.05, 3.63) is 77.4 Å². The Kier molecular flexibility index (Phi) is 6.01. The highest BCUT2D eigenvalue weighted by molar-refractivity contribution is 7.89. The first-order valence-electron chi connectivity index (χ1n) is 9.96. The number of piperazine rings is 1. The summed E-state index contributed by atoms with van der Waals surface area (Å²) in [6, 6.07) is 14.4. The predicted octanol–water partition coefficient (Wildman–Crippen LogP) is 0.753. The molecule has 0 spiro atoms. The highest BCUT2D eigenvalue weighted by atomic mass is 32.2. The molecule has 1 unspecified atom stereocenters. The molecule has 10 nitrogen and oxygen atoms in total. The van der Waals surface area contributed by atoms with Crippen LogP contribution in [-0.4, -0.2) is 59.4 Å². The number of nitrogens with zero attached hydrogens (tertiary/aromatic N) is 3. The van der Waals surface area contributed by atoms with Gasteiger partial charge in [0.2, 0.25) is 15.9 Å². The van der Waals surface area contributed by atoms with Gasteiger partial charge in [0, 0.05) is 18.7 Å². The lowest BCUT2D eigenvalue weighted by Gasteiger charge is -2.26. The van der Waals surface area contributed by atoms with Crippen molar-refractivity contribution in [3.8, 4) is 0 Å². The quantitative estimate of drug-likeness (QED) is 0.503. The van der Waals surface area contributed by atoms with Gasteiger partial charge in [-0.1, -0.05) is 36.4 Å².